The maximum atomic E-state index is 10.7. The Hall–Kier alpha value is -2.75. The van der Waals surface area contributed by atoms with Gasteiger partial charge in [-0.05, 0) is 25.0 Å². The minimum Gasteiger partial charge on any atom is -0.338 e. The molecule has 24 heavy (non-hydrogen) atoms. The summed E-state index contributed by atoms with van der Waals surface area (Å²) in [4.78, 5) is 18.9. The Labute approximate surface area is 140 Å². The molecule has 0 unspecified atom stereocenters. The maximum absolute atomic E-state index is 10.7. The summed E-state index contributed by atoms with van der Waals surface area (Å²) < 4.78 is 5.20. The van der Waals surface area contributed by atoms with Crippen molar-refractivity contribution in [1.29, 1.82) is 0 Å². The van der Waals surface area contributed by atoms with E-state index in [0.717, 1.165) is 5.82 Å². The molecule has 10 heteroatoms. The van der Waals surface area contributed by atoms with Crippen molar-refractivity contribution in [2.45, 2.75) is 29.7 Å². The molecule has 1 aromatic carbocycles. The highest BCUT2D eigenvalue weighted by Crippen LogP contribution is 2.38. The molecule has 2 aromatic heterocycles. The molecule has 2 heterocycles. The van der Waals surface area contributed by atoms with Crippen LogP contribution in [0.4, 0.5) is 5.69 Å². The van der Waals surface area contributed by atoms with Crippen molar-refractivity contribution < 1.29 is 9.45 Å². The third-order valence-corrected chi connectivity index (χ3v) is 4.41. The summed E-state index contributed by atoms with van der Waals surface area (Å²) in [6.45, 7) is 0. The van der Waals surface area contributed by atoms with Crippen LogP contribution in [0.2, 0.25) is 0 Å². The van der Waals surface area contributed by atoms with E-state index >= 15 is 0 Å². The summed E-state index contributed by atoms with van der Waals surface area (Å²) in [6, 6.07) is 6.01. The van der Waals surface area contributed by atoms with E-state index in [1.54, 1.807) is 12.1 Å². The topological polar surface area (TPSA) is 124 Å². The fourth-order valence-electron chi connectivity index (χ4n) is 2.15. The smallest absolute Gasteiger partial charge is 0.269 e. The first-order valence-corrected chi connectivity index (χ1v) is 8.30. The Kier molecular flexibility index (Phi) is 3.73. The molecule has 0 atom stereocenters. The number of rotatable bonds is 6. The lowest BCUT2D eigenvalue weighted by atomic mass is 10.2. The predicted octanol–water partition coefficient (Wildman–Crippen LogP) is 2.93. The van der Waals surface area contributed by atoms with Crippen molar-refractivity contribution in [2.75, 3.05) is 0 Å². The molecule has 1 aliphatic carbocycles. The van der Waals surface area contributed by atoms with Gasteiger partial charge in [0.2, 0.25) is 16.9 Å². The van der Waals surface area contributed by atoms with Crippen LogP contribution in [-0.4, -0.2) is 30.2 Å². The molecule has 0 radical (unpaired) electrons. The predicted molar refractivity (Wildman–Crippen MR) is 84.3 cm³/mol. The van der Waals surface area contributed by atoms with Gasteiger partial charge in [0.05, 0.1) is 10.7 Å². The van der Waals surface area contributed by atoms with Gasteiger partial charge in [-0.3, -0.25) is 15.2 Å². The molecular weight excluding hydrogens is 332 g/mol. The normalized spacial score (nSPS) is 14.0. The fourth-order valence-corrected chi connectivity index (χ4v) is 2.79. The molecule has 1 N–H and O–H groups in total. The van der Waals surface area contributed by atoms with Gasteiger partial charge in [0.1, 0.15) is 5.82 Å². The molecular formula is C14H12N6O3S. The van der Waals surface area contributed by atoms with Crippen LogP contribution in [0.3, 0.4) is 0 Å². The third-order valence-electron chi connectivity index (χ3n) is 3.58. The summed E-state index contributed by atoms with van der Waals surface area (Å²) in [7, 11) is 0. The van der Waals surface area contributed by atoms with Gasteiger partial charge < -0.3 is 4.52 Å². The molecule has 9 nitrogen and oxygen atoms in total. The monoisotopic (exact) mass is 344 g/mol. The molecule has 1 aliphatic rings. The highest BCUT2D eigenvalue weighted by molar-refractivity contribution is 7.98. The van der Waals surface area contributed by atoms with Crippen molar-refractivity contribution in [1.82, 2.24) is 25.3 Å². The van der Waals surface area contributed by atoms with Gasteiger partial charge in [0.15, 0.2) is 0 Å². The zero-order valence-corrected chi connectivity index (χ0v) is 13.2. The van der Waals surface area contributed by atoms with Gasteiger partial charge >= 0.3 is 0 Å². The lowest BCUT2D eigenvalue weighted by Crippen LogP contribution is -1.88. The van der Waals surface area contributed by atoms with Crippen LogP contribution < -0.4 is 0 Å². The van der Waals surface area contributed by atoms with Crippen molar-refractivity contribution in [3.8, 4) is 11.4 Å². The zero-order valence-electron chi connectivity index (χ0n) is 12.4. The molecule has 122 valence electrons. The quantitative estimate of drug-likeness (QED) is 0.411. The van der Waals surface area contributed by atoms with Crippen molar-refractivity contribution in [3.63, 3.8) is 0 Å². The Morgan fingerprint density at radius 3 is 2.79 bits per heavy atom. The Morgan fingerprint density at radius 1 is 1.29 bits per heavy atom. The number of H-pyrrole nitrogens is 1. The number of aromatic amines is 1. The van der Waals surface area contributed by atoms with E-state index in [1.165, 1.54) is 36.7 Å². The number of thioether (sulfide) groups is 1. The van der Waals surface area contributed by atoms with Crippen LogP contribution in [0.15, 0.2) is 33.9 Å². The van der Waals surface area contributed by atoms with Crippen molar-refractivity contribution in [2.24, 2.45) is 0 Å². The summed E-state index contributed by atoms with van der Waals surface area (Å²) in [5.41, 5.74) is 0.684. The number of nitrogens with zero attached hydrogens (tertiary/aromatic N) is 5. The van der Waals surface area contributed by atoms with E-state index in [1.807, 2.05) is 0 Å². The second kappa shape index (κ2) is 6.04. The molecule has 0 saturated heterocycles. The number of aromatic nitrogens is 5. The second-order valence-corrected chi connectivity index (χ2v) is 6.32. The Bertz CT molecular complexity index is 871. The maximum Gasteiger partial charge on any atom is 0.269 e. The summed E-state index contributed by atoms with van der Waals surface area (Å²) >= 11 is 1.42. The molecule has 1 saturated carbocycles. The van der Waals surface area contributed by atoms with Gasteiger partial charge in [-0.2, -0.15) is 4.98 Å². The first-order valence-electron chi connectivity index (χ1n) is 7.31. The van der Waals surface area contributed by atoms with Crippen molar-refractivity contribution >= 4 is 17.4 Å². The standard InChI is InChI=1S/C14H12N6O3S/c21-20(22)10-5-3-9(4-6-10)13-15-11(23-19-13)7-24-14-16-12(17-18-14)8-1-2-8/h3-6,8H,1-2,7H2,(H,16,17,18). The minimum absolute atomic E-state index is 0.0223. The van der Waals surface area contributed by atoms with Gasteiger partial charge in [-0.1, -0.05) is 16.9 Å². The number of nitro benzene ring substituents is 1. The highest BCUT2D eigenvalue weighted by atomic mass is 32.2. The zero-order chi connectivity index (χ0) is 16.5. The lowest BCUT2D eigenvalue weighted by Gasteiger charge is -1.93. The number of nitro groups is 1. The van der Waals surface area contributed by atoms with Gasteiger partial charge in [-0.25, -0.2) is 4.98 Å². The Balaban J connectivity index is 1.41. The second-order valence-electron chi connectivity index (χ2n) is 5.38. The van der Waals surface area contributed by atoms with Crippen LogP contribution in [0.1, 0.15) is 30.5 Å². The highest BCUT2D eigenvalue weighted by Gasteiger charge is 2.27. The minimum atomic E-state index is -0.450. The number of nitrogens with one attached hydrogen (secondary N) is 1. The summed E-state index contributed by atoms with van der Waals surface area (Å²) in [5.74, 6) is 2.78. The number of hydrogen-bond acceptors (Lipinski definition) is 8. The summed E-state index contributed by atoms with van der Waals surface area (Å²) in [5, 5.41) is 22.3. The molecule has 0 spiro atoms. The summed E-state index contributed by atoms with van der Waals surface area (Å²) in [6.07, 6.45) is 2.34. The largest absolute Gasteiger partial charge is 0.338 e. The van der Waals surface area contributed by atoms with E-state index in [-0.39, 0.29) is 5.69 Å². The van der Waals surface area contributed by atoms with Crippen LogP contribution in [-0.2, 0) is 5.75 Å². The number of benzene rings is 1. The number of hydrogen-bond donors (Lipinski definition) is 1. The first-order chi connectivity index (χ1) is 11.7. The molecule has 3 aromatic rings. The van der Waals surface area contributed by atoms with E-state index in [2.05, 4.69) is 25.3 Å². The third kappa shape index (κ3) is 3.13. The fraction of sp³-hybridized carbons (Fsp3) is 0.286. The average Bonchev–Trinajstić information content (AvgIpc) is 3.15. The lowest BCUT2D eigenvalue weighted by molar-refractivity contribution is -0.384. The van der Waals surface area contributed by atoms with E-state index < -0.39 is 4.92 Å². The van der Waals surface area contributed by atoms with Crippen LogP contribution in [0.5, 0.6) is 0 Å². The van der Waals surface area contributed by atoms with Crippen LogP contribution in [0.25, 0.3) is 11.4 Å². The molecule has 4 rings (SSSR count). The molecule has 1 fully saturated rings. The SMILES string of the molecule is O=[N+]([O-])c1ccc(-c2noc(CSc3n[nH]c(C4CC4)n3)n2)cc1. The number of non-ortho nitro benzene ring substituents is 1. The average molecular weight is 344 g/mol. The van der Waals surface area contributed by atoms with Crippen LogP contribution in [0, 0.1) is 10.1 Å². The molecule has 0 aliphatic heterocycles. The van der Waals surface area contributed by atoms with E-state index in [9.17, 15) is 10.1 Å². The van der Waals surface area contributed by atoms with Gasteiger partial charge in [0.25, 0.3) is 5.69 Å². The van der Waals surface area contributed by atoms with E-state index in [0.29, 0.717) is 34.1 Å². The Morgan fingerprint density at radius 2 is 2.08 bits per heavy atom. The first kappa shape index (κ1) is 14.8. The van der Waals surface area contributed by atoms with Crippen molar-refractivity contribution in [3.05, 3.63) is 46.1 Å². The van der Waals surface area contributed by atoms with Gasteiger partial charge in [0, 0.05) is 23.6 Å². The molecule has 0 bridgehead atoms. The molecule has 0 amide bonds. The van der Waals surface area contributed by atoms with Gasteiger partial charge in [-0.15, -0.1) is 5.10 Å². The van der Waals surface area contributed by atoms with Crippen LogP contribution >= 0.6 is 11.8 Å². The van der Waals surface area contributed by atoms with E-state index in [4.69, 9.17) is 4.52 Å².